The molecule has 0 saturated carbocycles. The molecule has 0 spiro atoms. The van der Waals surface area contributed by atoms with E-state index in [-0.39, 0.29) is 11.6 Å². The van der Waals surface area contributed by atoms with Gasteiger partial charge in [-0.25, -0.2) is 0 Å². The molecular formula is C23H19N3O4. The first kappa shape index (κ1) is 19.3. The fraction of sp³-hybridized carbons (Fsp3) is 0.130. The van der Waals surface area contributed by atoms with Crippen molar-refractivity contribution in [3.05, 3.63) is 87.2 Å². The fourth-order valence-electron chi connectivity index (χ4n) is 3.19. The van der Waals surface area contributed by atoms with E-state index in [1.54, 1.807) is 37.3 Å². The molecule has 1 aliphatic heterocycles. The van der Waals surface area contributed by atoms with Crippen LogP contribution in [0.4, 0.5) is 11.4 Å². The average molecular weight is 401 g/mol. The van der Waals surface area contributed by atoms with Crippen LogP contribution in [0.5, 0.6) is 0 Å². The van der Waals surface area contributed by atoms with Crippen molar-refractivity contribution >= 4 is 29.1 Å². The van der Waals surface area contributed by atoms with Crippen LogP contribution in [-0.2, 0) is 4.79 Å². The van der Waals surface area contributed by atoms with Crippen LogP contribution in [0.15, 0.2) is 69.7 Å². The summed E-state index contributed by atoms with van der Waals surface area (Å²) in [5, 5.41) is 16.6. The molecule has 0 saturated heterocycles. The first-order valence-electron chi connectivity index (χ1n) is 9.37. The minimum absolute atomic E-state index is 0.0162. The molecule has 1 aromatic heterocycles. The second-order valence-corrected chi connectivity index (χ2v) is 7.13. The Bertz CT molecular complexity index is 1220. The number of carbonyl (C=O) groups is 1. The van der Waals surface area contributed by atoms with Gasteiger partial charge in [0.1, 0.15) is 11.5 Å². The van der Waals surface area contributed by atoms with Gasteiger partial charge in [-0.05, 0) is 74.4 Å². The van der Waals surface area contributed by atoms with Crippen molar-refractivity contribution in [3.8, 4) is 11.3 Å². The van der Waals surface area contributed by atoms with E-state index in [9.17, 15) is 14.9 Å². The molecule has 2 aromatic carbocycles. The molecule has 0 unspecified atom stereocenters. The molecule has 1 aliphatic rings. The van der Waals surface area contributed by atoms with Crippen LogP contribution >= 0.6 is 0 Å². The number of benzene rings is 2. The Balaban J connectivity index is 1.59. The van der Waals surface area contributed by atoms with Gasteiger partial charge in [-0.1, -0.05) is 6.07 Å². The van der Waals surface area contributed by atoms with Gasteiger partial charge in [0, 0.05) is 17.7 Å². The number of nitro groups is 1. The van der Waals surface area contributed by atoms with Crippen LogP contribution in [-0.4, -0.2) is 16.5 Å². The van der Waals surface area contributed by atoms with Gasteiger partial charge in [0.15, 0.2) is 0 Å². The molecule has 2 heterocycles. The molecule has 7 nitrogen and oxygen atoms in total. The highest BCUT2D eigenvalue weighted by Gasteiger charge is 2.29. The number of amides is 1. The van der Waals surface area contributed by atoms with Crippen LogP contribution in [0.2, 0.25) is 0 Å². The summed E-state index contributed by atoms with van der Waals surface area (Å²) >= 11 is 0. The van der Waals surface area contributed by atoms with Crippen LogP contribution in [0, 0.1) is 24.0 Å². The summed E-state index contributed by atoms with van der Waals surface area (Å²) in [5.74, 6) is 0.843. The van der Waals surface area contributed by atoms with Gasteiger partial charge in [-0.3, -0.25) is 14.9 Å². The Morgan fingerprint density at radius 3 is 2.40 bits per heavy atom. The number of rotatable bonds is 4. The maximum Gasteiger partial charge on any atom is 0.280 e. The molecule has 1 amide bonds. The summed E-state index contributed by atoms with van der Waals surface area (Å²) in [6.07, 6.45) is 1.66. The summed E-state index contributed by atoms with van der Waals surface area (Å²) < 4.78 is 5.83. The van der Waals surface area contributed by atoms with Gasteiger partial charge in [0.2, 0.25) is 0 Å². The number of nitro benzene ring substituents is 1. The highest BCUT2D eigenvalue weighted by Crippen LogP contribution is 2.29. The maximum absolute atomic E-state index is 12.9. The van der Waals surface area contributed by atoms with Crippen LogP contribution in [0.1, 0.15) is 23.8 Å². The van der Waals surface area contributed by atoms with E-state index >= 15 is 0 Å². The van der Waals surface area contributed by atoms with Crippen molar-refractivity contribution in [1.29, 1.82) is 0 Å². The predicted octanol–water partition coefficient (Wildman–Crippen LogP) is 5.28. The number of nitrogens with zero attached hydrogens (tertiary/aromatic N) is 3. The molecule has 0 fully saturated rings. The third-order valence-electron chi connectivity index (χ3n) is 5.07. The number of carbonyl (C=O) groups excluding carboxylic acids is 1. The highest BCUT2D eigenvalue weighted by atomic mass is 16.6. The lowest BCUT2D eigenvalue weighted by atomic mass is 10.1. The third kappa shape index (κ3) is 3.53. The van der Waals surface area contributed by atoms with Crippen molar-refractivity contribution in [2.45, 2.75) is 20.8 Å². The van der Waals surface area contributed by atoms with Crippen LogP contribution < -0.4 is 5.01 Å². The smallest absolute Gasteiger partial charge is 0.280 e. The number of aryl methyl sites for hydroxylation is 2. The number of hydrogen-bond donors (Lipinski definition) is 0. The molecule has 0 aliphatic carbocycles. The minimum Gasteiger partial charge on any atom is -0.457 e. The summed E-state index contributed by atoms with van der Waals surface area (Å²) in [6, 6.07) is 15.4. The highest BCUT2D eigenvalue weighted by molar-refractivity contribution is 6.32. The zero-order valence-corrected chi connectivity index (χ0v) is 16.7. The van der Waals surface area contributed by atoms with E-state index < -0.39 is 4.92 Å². The molecule has 0 bridgehead atoms. The van der Waals surface area contributed by atoms with E-state index in [2.05, 4.69) is 5.10 Å². The monoisotopic (exact) mass is 401 g/mol. The molecule has 3 aromatic rings. The lowest BCUT2D eigenvalue weighted by molar-refractivity contribution is -0.384. The summed E-state index contributed by atoms with van der Waals surface area (Å²) in [7, 11) is 0. The molecule has 0 N–H and O–H groups in total. The topological polar surface area (TPSA) is 89.0 Å². The summed E-state index contributed by atoms with van der Waals surface area (Å²) in [4.78, 5) is 23.3. The van der Waals surface area contributed by atoms with Gasteiger partial charge in [-0.2, -0.15) is 10.1 Å². The van der Waals surface area contributed by atoms with E-state index in [4.69, 9.17) is 4.42 Å². The minimum atomic E-state index is -0.448. The van der Waals surface area contributed by atoms with E-state index in [0.29, 0.717) is 28.4 Å². The Hall–Kier alpha value is -4.00. The largest absolute Gasteiger partial charge is 0.457 e. The molecule has 7 heteroatoms. The summed E-state index contributed by atoms with van der Waals surface area (Å²) in [6.45, 7) is 5.80. The molecular weight excluding hydrogens is 382 g/mol. The van der Waals surface area contributed by atoms with Crippen LogP contribution in [0.25, 0.3) is 17.4 Å². The van der Waals surface area contributed by atoms with Gasteiger partial charge < -0.3 is 4.42 Å². The Labute approximate surface area is 173 Å². The summed E-state index contributed by atoms with van der Waals surface area (Å²) in [5.41, 5.74) is 4.74. The Morgan fingerprint density at radius 1 is 1.00 bits per heavy atom. The molecule has 0 atom stereocenters. The second-order valence-electron chi connectivity index (χ2n) is 7.13. The standard InChI is InChI=1S/C23H19N3O4/c1-14-4-7-19(12-15(14)2)25-23(27)21(16(3)24-25)13-20-10-11-22(30-20)17-5-8-18(9-6-17)26(28)29/h4-13H,1-3H3/b21-13+. The normalized spacial score (nSPS) is 15.0. The Kier molecular flexibility index (Phi) is 4.79. The number of furan rings is 1. The van der Waals surface area contributed by atoms with Crippen molar-refractivity contribution in [2.75, 3.05) is 5.01 Å². The van der Waals surface area contributed by atoms with Crippen molar-refractivity contribution < 1.29 is 14.1 Å². The lowest BCUT2D eigenvalue weighted by Gasteiger charge is -2.13. The van der Waals surface area contributed by atoms with E-state index in [0.717, 1.165) is 16.8 Å². The SMILES string of the molecule is CC1=NN(c2ccc(C)c(C)c2)C(=O)/C1=C/c1ccc(-c2ccc([N+](=O)[O-])cc2)o1. The van der Waals surface area contributed by atoms with Gasteiger partial charge >= 0.3 is 0 Å². The Morgan fingerprint density at radius 2 is 1.73 bits per heavy atom. The molecule has 150 valence electrons. The van der Waals surface area contributed by atoms with Crippen LogP contribution in [0.3, 0.4) is 0 Å². The van der Waals surface area contributed by atoms with Gasteiger partial charge in [-0.15, -0.1) is 0 Å². The number of anilines is 1. The van der Waals surface area contributed by atoms with Gasteiger partial charge in [0.05, 0.1) is 21.9 Å². The molecule has 30 heavy (non-hydrogen) atoms. The quantitative estimate of drug-likeness (QED) is 0.338. The zero-order chi connectivity index (χ0) is 21.4. The second kappa shape index (κ2) is 7.44. The van der Waals surface area contributed by atoms with Crippen molar-refractivity contribution in [3.63, 3.8) is 0 Å². The molecule has 0 radical (unpaired) electrons. The predicted molar refractivity (Wildman–Crippen MR) is 115 cm³/mol. The maximum atomic E-state index is 12.9. The van der Waals surface area contributed by atoms with Crippen molar-refractivity contribution in [2.24, 2.45) is 5.10 Å². The van der Waals surface area contributed by atoms with E-state index in [1.165, 1.54) is 17.1 Å². The average Bonchev–Trinajstić information content (AvgIpc) is 3.30. The van der Waals surface area contributed by atoms with E-state index in [1.807, 2.05) is 32.0 Å². The lowest BCUT2D eigenvalue weighted by Crippen LogP contribution is -2.21. The number of hydrogen-bond acceptors (Lipinski definition) is 5. The zero-order valence-electron chi connectivity index (χ0n) is 16.7. The van der Waals surface area contributed by atoms with Gasteiger partial charge in [0.25, 0.3) is 11.6 Å². The third-order valence-corrected chi connectivity index (χ3v) is 5.07. The number of non-ortho nitro benzene ring substituents is 1. The van der Waals surface area contributed by atoms with Crippen molar-refractivity contribution in [1.82, 2.24) is 0 Å². The molecule has 4 rings (SSSR count). The number of hydrazone groups is 1. The first-order valence-corrected chi connectivity index (χ1v) is 9.37. The first-order chi connectivity index (χ1) is 14.3. The fourth-order valence-corrected chi connectivity index (χ4v) is 3.19.